The Morgan fingerprint density at radius 2 is 2.27 bits per heavy atom. The smallest absolute Gasteiger partial charge is 0.190 e. The standard InChI is InChI=1S/C15H15N3O2S.ClH/c1-19-9-7-18-13(14-5-3-8-20-14)11-21-15(18)17-12-4-2-6-16-10-12;/h2-6,8,10-11H,7,9H2,1H3;1H/p-1. The monoisotopic (exact) mass is 336 g/mol. The number of nitrogens with zero attached hydrogens (tertiary/aromatic N) is 3. The zero-order valence-corrected chi connectivity index (χ0v) is 13.5. The predicted molar refractivity (Wildman–Crippen MR) is 81.3 cm³/mol. The Morgan fingerprint density at radius 3 is 2.95 bits per heavy atom. The van der Waals surface area contributed by atoms with Crippen molar-refractivity contribution < 1.29 is 21.6 Å². The van der Waals surface area contributed by atoms with E-state index >= 15 is 0 Å². The lowest BCUT2D eigenvalue weighted by atomic mass is 10.3. The quantitative estimate of drug-likeness (QED) is 0.663. The Hall–Kier alpha value is -1.89. The maximum Gasteiger partial charge on any atom is 0.190 e. The van der Waals surface area contributed by atoms with Gasteiger partial charge in [-0.3, -0.25) is 4.98 Å². The van der Waals surface area contributed by atoms with Crippen LogP contribution in [0, 0.1) is 0 Å². The number of pyridine rings is 1. The lowest BCUT2D eigenvalue weighted by Gasteiger charge is -2.06. The van der Waals surface area contributed by atoms with Gasteiger partial charge in [-0.1, -0.05) is 0 Å². The van der Waals surface area contributed by atoms with Gasteiger partial charge in [-0.2, -0.15) is 0 Å². The van der Waals surface area contributed by atoms with E-state index in [1.807, 2.05) is 29.6 Å². The van der Waals surface area contributed by atoms with E-state index in [1.165, 1.54) is 0 Å². The summed E-state index contributed by atoms with van der Waals surface area (Å²) in [6.45, 7) is 1.33. The van der Waals surface area contributed by atoms with Gasteiger partial charge in [0.25, 0.3) is 0 Å². The SMILES string of the molecule is COCCn1c(-c2ccco2)csc1=Nc1cccnc1.[Cl-]. The van der Waals surface area contributed by atoms with Crippen molar-refractivity contribution in [3.8, 4) is 11.5 Å². The molecule has 0 amide bonds. The molecular formula is C15H15ClN3O2S-. The third kappa shape index (κ3) is 3.65. The van der Waals surface area contributed by atoms with Crippen molar-refractivity contribution >= 4 is 17.0 Å². The fraction of sp³-hybridized carbons (Fsp3) is 0.200. The van der Waals surface area contributed by atoms with Gasteiger partial charge in [-0.15, -0.1) is 11.3 Å². The molecule has 0 spiro atoms. The van der Waals surface area contributed by atoms with Crippen LogP contribution in [0.4, 0.5) is 5.69 Å². The molecule has 3 heterocycles. The first-order chi connectivity index (χ1) is 10.4. The van der Waals surface area contributed by atoms with Gasteiger partial charge in [0.15, 0.2) is 10.6 Å². The second-order valence-corrected chi connectivity index (χ2v) is 5.18. The number of ether oxygens (including phenoxy) is 1. The number of furan rings is 1. The maximum atomic E-state index is 5.49. The number of methoxy groups -OCH3 is 1. The zero-order chi connectivity index (χ0) is 14.5. The van der Waals surface area contributed by atoms with Crippen molar-refractivity contribution in [3.63, 3.8) is 0 Å². The highest BCUT2D eigenvalue weighted by Gasteiger charge is 2.10. The van der Waals surface area contributed by atoms with Crippen LogP contribution in [0.15, 0.2) is 57.7 Å². The molecule has 22 heavy (non-hydrogen) atoms. The van der Waals surface area contributed by atoms with Crippen LogP contribution in [0.25, 0.3) is 11.5 Å². The molecule has 3 aromatic heterocycles. The Morgan fingerprint density at radius 1 is 1.36 bits per heavy atom. The van der Waals surface area contributed by atoms with E-state index in [0.29, 0.717) is 6.61 Å². The molecule has 0 fully saturated rings. The second kappa shape index (κ2) is 7.93. The number of rotatable bonds is 5. The van der Waals surface area contributed by atoms with Crippen LogP contribution in [0.1, 0.15) is 0 Å². The molecule has 0 atom stereocenters. The van der Waals surface area contributed by atoms with Crippen molar-refractivity contribution in [2.75, 3.05) is 13.7 Å². The number of hydrogen-bond donors (Lipinski definition) is 0. The molecule has 3 rings (SSSR count). The van der Waals surface area contributed by atoms with Crippen LogP contribution in [0.5, 0.6) is 0 Å². The van der Waals surface area contributed by atoms with Crippen LogP contribution < -0.4 is 17.2 Å². The fourth-order valence-corrected chi connectivity index (χ4v) is 2.91. The van der Waals surface area contributed by atoms with Crippen molar-refractivity contribution in [1.29, 1.82) is 0 Å². The third-order valence-electron chi connectivity index (χ3n) is 2.96. The summed E-state index contributed by atoms with van der Waals surface area (Å²) in [6, 6.07) is 7.63. The highest BCUT2D eigenvalue weighted by molar-refractivity contribution is 7.07. The van der Waals surface area contributed by atoms with E-state index < -0.39 is 0 Å². The average Bonchev–Trinajstić information content (AvgIpc) is 3.16. The number of hydrogen-bond acceptors (Lipinski definition) is 5. The molecule has 5 nitrogen and oxygen atoms in total. The summed E-state index contributed by atoms with van der Waals surface area (Å²) in [7, 11) is 1.69. The van der Waals surface area contributed by atoms with Gasteiger partial charge in [-0.25, -0.2) is 4.99 Å². The molecule has 0 N–H and O–H groups in total. The number of halogens is 1. The normalized spacial score (nSPS) is 11.4. The number of aromatic nitrogens is 2. The summed E-state index contributed by atoms with van der Waals surface area (Å²) in [5.41, 5.74) is 1.83. The highest BCUT2D eigenvalue weighted by Crippen LogP contribution is 2.21. The van der Waals surface area contributed by atoms with Crippen LogP contribution >= 0.6 is 11.3 Å². The van der Waals surface area contributed by atoms with Gasteiger partial charge >= 0.3 is 0 Å². The molecule has 0 saturated heterocycles. The Balaban J connectivity index is 0.00000176. The summed E-state index contributed by atoms with van der Waals surface area (Å²) in [6.07, 6.45) is 5.15. The molecule has 0 aliphatic rings. The van der Waals surface area contributed by atoms with Crippen molar-refractivity contribution in [2.24, 2.45) is 4.99 Å². The molecule has 0 bridgehead atoms. The van der Waals surface area contributed by atoms with E-state index in [2.05, 4.69) is 14.5 Å². The molecule has 0 unspecified atom stereocenters. The molecule has 0 radical (unpaired) electrons. The molecule has 0 aliphatic heterocycles. The van der Waals surface area contributed by atoms with Gasteiger partial charge in [-0.05, 0) is 24.3 Å². The van der Waals surface area contributed by atoms with Crippen molar-refractivity contribution in [3.05, 3.63) is 53.1 Å². The maximum absolute atomic E-state index is 5.49. The average molecular weight is 337 g/mol. The first-order valence-corrected chi connectivity index (χ1v) is 7.42. The summed E-state index contributed by atoms with van der Waals surface area (Å²) >= 11 is 1.57. The van der Waals surface area contributed by atoms with E-state index in [1.54, 1.807) is 37.1 Å². The number of thiazole rings is 1. The van der Waals surface area contributed by atoms with Gasteiger partial charge in [0.2, 0.25) is 0 Å². The Kier molecular flexibility index (Phi) is 5.94. The predicted octanol–water partition coefficient (Wildman–Crippen LogP) is 0.0874. The van der Waals surface area contributed by atoms with Crippen LogP contribution in [-0.4, -0.2) is 23.3 Å². The van der Waals surface area contributed by atoms with E-state index in [4.69, 9.17) is 9.15 Å². The van der Waals surface area contributed by atoms with Crippen LogP contribution in [0.3, 0.4) is 0 Å². The van der Waals surface area contributed by atoms with Crippen molar-refractivity contribution in [2.45, 2.75) is 6.54 Å². The molecule has 0 saturated carbocycles. The van der Waals surface area contributed by atoms with Gasteiger partial charge < -0.3 is 26.1 Å². The fourth-order valence-electron chi connectivity index (χ4n) is 1.97. The van der Waals surface area contributed by atoms with Crippen LogP contribution in [-0.2, 0) is 11.3 Å². The summed E-state index contributed by atoms with van der Waals surface area (Å²) in [4.78, 5) is 9.63. The highest BCUT2D eigenvalue weighted by atomic mass is 35.5. The lowest BCUT2D eigenvalue weighted by Crippen LogP contribution is -3.00. The summed E-state index contributed by atoms with van der Waals surface area (Å²) in [5.74, 6) is 0.829. The van der Waals surface area contributed by atoms with E-state index in [-0.39, 0.29) is 12.4 Å². The minimum atomic E-state index is 0. The third-order valence-corrected chi connectivity index (χ3v) is 3.82. The lowest BCUT2D eigenvalue weighted by molar-refractivity contribution is -0.00000508. The van der Waals surface area contributed by atoms with Crippen LogP contribution in [0.2, 0.25) is 0 Å². The summed E-state index contributed by atoms with van der Waals surface area (Å²) in [5, 5.41) is 2.05. The Bertz CT molecular complexity index is 751. The molecular weight excluding hydrogens is 322 g/mol. The molecule has 0 aliphatic carbocycles. The first-order valence-electron chi connectivity index (χ1n) is 6.54. The van der Waals surface area contributed by atoms with Gasteiger partial charge in [0, 0.05) is 25.2 Å². The molecule has 3 aromatic rings. The largest absolute Gasteiger partial charge is 1.00 e. The zero-order valence-electron chi connectivity index (χ0n) is 12.0. The molecule has 0 aromatic carbocycles. The minimum absolute atomic E-state index is 0. The molecule has 7 heteroatoms. The summed E-state index contributed by atoms with van der Waals surface area (Å²) < 4.78 is 12.8. The van der Waals surface area contributed by atoms with Crippen molar-refractivity contribution in [1.82, 2.24) is 9.55 Å². The Labute approximate surface area is 138 Å². The van der Waals surface area contributed by atoms with Gasteiger partial charge in [0.05, 0.1) is 30.4 Å². The first kappa shape index (κ1) is 16.5. The topological polar surface area (TPSA) is 52.5 Å². The van der Waals surface area contributed by atoms with E-state index in [9.17, 15) is 0 Å². The van der Waals surface area contributed by atoms with E-state index in [0.717, 1.165) is 28.5 Å². The minimum Gasteiger partial charge on any atom is -1.00 e. The van der Waals surface area contributed by atoms with Gasteiger partial charge in [0.1, 0.15) is 0 Å². The second-order valence-electron chi connectivity index (χ2n) is 4.35. The molecule has 116 valence electrons.